The number of amides is 2. The molecule has 4 N–H and O–H groups in total. The first kappa shape index (κ1) is 13.8. The van der Waals surface area contributed by atoms with Crippen molar-refractivity contribution in [3.63, 3.8) is 0 Å². The van der Waals surface area contributed by atoms with Crippen LogP contribution in [0.3, 0.4) is 0 Å². The summed E-state index contributed by atoms with van der Waals surface area (Å²) in [6, 6.07) is 4.97. The summed E-state index contributed by atoms with van der Waals surface area (Å²) in [7, 11) is 3.00. The van der Waals surface area contributed by atoms with E-state index in [1.807, 2.05) is 19.1 Å². The SMILES string of the molecule is CCc1cccc(OC)c1N(C(=N)N)C(=O)NC. The van der Waals surface area contributed by atoms with Crippen molar-refractivity contribution >= 4 is 17.7 Å². The van der Waals surface area contributed by atoms with E-state index in [2.05, 4.69) is 5.32 Å². The highest BCUT2D eigenvalue weighted by atomic mass is 16.5. The molecular weight excluding hydrogens is 232 g/mol. The van der Waals surface area contributed by atoms with Gasteiger partial charge in [-0.05, 0) is 18.1 Å². The number of nitrogens with one attached hydrogen (secondary N) is 2. The van der Waals surface area contributed by atoms with Crippen LogP contribution < -0.4 is 20.7 Å². The number of benzene rings is 1. The average molecular weight is 250 g/mol. The maximum Gasteiger partial charge on any atom is 0.328 e. The molecule has 0 aromatic heterocycles. The summed E-state index contributed by atoms with van der Waals surface area (Å²) in [4.78, 5) is 12.9. The van der Waals surface area contributed by atoms with Gasteiger partial charge in [0.05, 0.1) is 12.8 Å². The van der Waals surface area contributed by atoms with Crippen molar-refractivity contribution in [3.05, 3.63) is 23.8 Å². The number of carbonyl (C=O) groups is 1. The zero-order valence-electron chi connectivity index (χ0n) is 10.8. The molecule has 18 heavy (non-hydrogen) atoms. The van der Waals surface area contributed by atoms with E-state index in [9.17, 15) is 4.79 Å². The quantitative estimate of drug-likeness (QED) is 0.557. The van der Waals surface area contributed by atoms with Crippen molar-refractivity contribution in [2.24, 2.45) is 5.73 Å². The van der Waals surface area contributed by atoms with Gasteiger partial charge < -0.3 is 15.8 Å². The number of anilines is 1. The Morgan fingerprint density at radius 3 is 2.67 bits per heavy atom. The highest BCUT2D eigenvalue weighted by molar-refractivity contribution is 6.15. The number of hydrogen-bond donors (Lipinski definition) is 3. The molecule has 0 atom stereocenters. The minimum atomic E-state index is -0.471. The number of ether oxygens (including phenoxy) is 1. The Kier molecular flexibility index (Phi) is 4.53. The number of guanidine groups is 1. The summed E-state index contributed by atoms with van der Waals surface area (Å²) in [6.07, 6.45) is 0.702. The normalized spacial score (nSPS) is 9.72. The highest BCUT2D eigenvalue weighted by Gasteiger charge is 2.23. The van der Waals surface area contributed by atoms with Crippen LogP contribution >= 0.6 is 0 Å². The van der Waals surface area contributed by atoms with Crippen LogP contribution in [0.5, 0.6) is 5.75 Å². The number of methoxy groups -OCH3 is 1. The molecule has 1 aromatic rings. The van der Waals surface area contributed by atoms with Crippen LogP contribution in [-0.2, 0) is 6.42 Å². The Balaban J connectivity index is 3.42. The molecule has 0 bridgehead atoms. The topological polar surface area (TPSA) is 91.4 Å². The third-order valence-electron chi connectivity index (χ3n) is 2.56. The molecule has 1 aromatic carbocycles. The maximum atomic E-state index is 11.8. The zero-order chi connectivity index (χ0) is 13.7. The van der Waals surface area contributed by atoms with Crippen molar-refractivity contribution in [3.8, 4) is 5.75 Å². The van der Waals surface area contributed by atoms with Crippen molar-refractivity contribution in [2.45, 2.75) is 13.3 Å². The highest BCUT2D eigenvalue weighted by Crippen LogP contribution is 2.32. The first-order valence-corrected chi connectivity index (χ1v) is 5.58. The first-order valence-electron chi connectivity index (χ1n) is 5.58. The Bertz CT molecular complexity index is 437. The Morgan fingerprint density at radius 2 is 2.22 bits per heavy atom. The second kappa shape index (κ2) is 5.90. The summed E-state index contributed by atoms with van der Waals surface area (Å²) in [5, 5.41) is 10.0. The second-order valence-electron chi connectivity index (χ2n) is 3.60. The smallest absolute Gasteiger partial charge is 0.328 e. The molecule has 0 aliphatic rings. The molecule has 1 rings (SSSR count). The first-order chi connectivity index (χ1) is 8.56. The van der Waals surface area contributed by atoms with E-state index in [-0.39, 0.29) is 5.96 Å². The fourth-order valence-corrected chi connectivity index (χ4v) is 1.71. The standard InChI is InChI=1S/C12H18N4O2/c1-4-8-6-5-7-9(18-3)10(8)16(11(13)14)12(17)15-2/h5-7H,4H2,1-3H3,(H3,13,14)(H,15,17). The van der Waals surface area contributed by atoms with Gasteiger partial charge >= 0.3 is 6.03 Å². The molecule has 0 aliphatic carbocycles. The minimum Gasteiger partial charge on any atom is -0.495 e. The molecular formula is C12H18N4O2. The molecule has 0 heterocycles. The van der Waals surface area contributed by atoms with Crippen molar-refractivity contribution < 1.29 is 9.53 Å². The van der Waals surface area contributed by atoms with Crippen LogP contribution in [-0.4, -0.2) is 26.1 Å². The fraction of sp³-hybridized carbons (Fsp3) is 0.333. The van der Waals surface area contributed by atoms with E-state index in [1.165, 1.54) is 14.2 Å². The van der Waals surface area contributed by atoms with Gasteiger partial charge in [-0.1, -0.05) is 19.1 Å². The molecule has 0 saturated carbocycles. The lowest BCUT2D eigenvalue weighted by atomic mass is 10.1. The number of nitrogens with two attached hydrogens (primary N) is 1. The summed E-state index contributed by atoms with van der Waals surface area (Å²) in [5.41, 5.74) is 6.88. The Labute approximate surface area is 106 Å². The number of carbonyl (C=O) groups excluding carboxylic acids is 1. The summed E-state index contributed by atoms with van der Waals surface area (Å²) < 4.78 is 5.24. The number of hydrogen-bond acceptors (Lipinski definition) is 3. The fourth-order valence-electron chi connectivity index (χ4n) is 1.71. The average Bonchev–Trinajstić information content (AvgIpc) is 2.38. The van der Waals surface area contributed by atoms with Gasteiger partial charge in [-0.3, -0.25) is 5.41 Å². The van der Waals surface area contributed by atoms with Gasteiger partial charge in [0.1, 0.15) is 5.75 Å². The van der Waals surface area contributed by atoms with Gasteiger partial charge in [-0.25, -0.2) is 9.69 Å². The van der Waals surface area contributed by atoms with E-state index < -0.39 is 6.03 Å². The van der Waals surface area contributed by atoms with E-state index in [0.29, 0.717) is 17.9 Å². The maximum absolute atomic E-state index is 11.8. The minimum absolute atomic E-state index is 0.353. The predicted molar refractivity (Wildman–Crippen MR) is 71.2 cm³/mol. The van der Waals surface area contributed by atoms with E-state index >= 15 is 0 Å². The van der Waals surface area contributed by atoms with Crippen molar-refractivity contribution in [1.82, 2.24) is 5.32 Å². The van der Waals surface area contributed by atoms with Gasteiger partial charge in [0.15, 0.2) is 0 Å². The molecule has 0 radical (unpaired) electrons. The van der Waals surface area contributed by atoms with Crippen LogP contribution in [0.15, 0.2) is 18.2 Å². The monoisotopic (exact) mass is 250 g/mol. The number of para-hydroxylation sites is 1. The van der Waals surface area contributed by atoms with E-state index in [0.717, 1.165) is 10.5 Å². The summed E-state index contributed by atoms with van der Waals surface area (Å²) in [6.45, 7) is 1.96. The van der Waals surface area contributed by atoms with Crippen LogP contribution in [0.2, 0.25) is 0 Å². The largest absolute Gasteiger partial charge is 0.495 e. The van der Waals surface area contributed by atoms with Gasteiger partial charge in [0, 0.05) is 7.05 Å². The van der Waals surface area contributed by atoms with Crippen molar-refractivity contribution in [2.75, 3.05) is 19.1 Å². The number of urea groups is 1. The number of rotatable bonds is 3. The van der Waals surface area contributed by atoms with Crippen LogP contribution in [0, 0.1) is 5.41 Å². The second-order valence-corrected chi connectivity index (χ2v) is 3.60. The van der Waals surface area contributed by atoms with Crippen LogP contribution in [0.25, 0.3) is 0 Å². The molecule has 0 saturated heterocycles. The third-order valence-corrected chi connectivity index (χ3v) is 2.56. The van der Waals surface area contributed by atoms with Gasteiger partial charge in [-0.15, -0.1) is 0 Å². The van der Waals surface area contributed by atoms with Gasteiger partial charge in [0.25, 0.3) is 0 Å². The number of aryl methyl sites for hydroxylation is 1. The Morgan fingerprint density at radius 1 is 1.56 bits per heavy atom. The number of nitrogens with zero attached hydrogens (tertiary/aromatic N) is 1. The van der Waals surface area contributed by atoms with Crippen molar-refractivity contribution in [1.29, 1.82) is 5.41 Å². The van der Waals surface area contributed by atoms with Crippen LogP contribution in [0.4, 0.5) is 10.5 Å². The van der Waals surface area contributed by atoms with Gasteiger partial charge in [-0.2, -0.15) is 0 Å². The lowest BCUT2D eigenvalue weighted by molar-refractivity contribution is 0.250. The molecule has 0 fully saturated rings. The lowest BCUT2D eigenvalue weighted by Crippen LogP contribution is -2.46. The van der Waals surface area contributed by atoms with Crippen LogP contribution in [0.1, 0.15) is 12.5 Å². The van der Waals surface area contributed by atoms with E-state index in [1.54, 1.807) is 6.07 Å². The molecule has 6 nitrogen and oxygen atoms in total. The summed E-state index contributed by atoms with van der Waals surface area (Å²) >= 11 is 0. The molecule has 6 heteroatoms. The molecule has 2 amide bonds. The lowest BCUT2D eigenvalue weighted by Gasteiger charge is -2.24. The Hall–Kier alpha value is -2.24. The summed E-state index contributed by atoms with van der Waals surface area (Å²) in [5.74, 6) is 0.154. The molecule has 0 aliphatic heterocycles. The molecule has 0 unspecified atom stereocenters. The predicted octanol–water partition coefficient (Wildman–Crippen LogP) is 1.30. The van der Waals surface area contributed by atoms with Gasteiger partial charge in [0.2, 0.25) is 5.96 Å². The molecule has 0 spiro atoms. The van der Waals surface area contributed by atoms with E-state index in [4.69, 9.17) is 15.9 Å². The molecule has 98 valence electrons. The zero-order valence-corrected chi connectivity index (χ0v) is 10.8. The third kappa shape index (κ3) is 2.53.